The molecule has 6 nitrogen and oxygen atoms in total. The SMILES string of the molecule is CN(C)C(=O)CN=C(NCCc1ccco1)N(C)Cc1ccccc1Cl. The molecule has 140 valence electrons. The van der Waals surface area contributed by atoms with Crippen LogP contribution in [0.1, 0.15) is 11.3 Å². The lowest BCUT2D eigenvalue weighted by molar-refractivity contribution is -0.127. The molecule has 1 heterocycles. The van der Waals surface area contributed by atoms with Crippen molar-refractivity contribution in [1.82, 2.24) is 15.1 Å². The number of amides is 1. The average molecular weight is 377 g/mol. The molecule has 0 spiro atoms. The number of nitrogens with one attached hydrogen (secondary N) is 1. The first-order valence-corrected chi connectivity index (χ1v) is 8.80. The number of hydrogen-bond donors (Lipinski definition) is 1. The number of halogens is 1. The highest BCUT2D eigenvalue weighted by Gasteiger charge is 2.11. The number of carbonyl (C=O) groups excluding carboxylic acids is 1. The Morgan fingerprint density at radius 1 is 1.19 bits per heavy atom. The molecule has 0 aliphatic heterocycles. The Morgan fingerprint density at radius 2 is 1.96 bits per heavy atom. The minimum Gasteiger partial charge on any atom is -0.469 e. The van der Waals surface area contributed by atoms with Gasteiger partial charge in [0.25, 0.3) is 0 Å². The van der Waals surface area contributed by atoms with Crippen LogP contribution in [0.15, 0.2) is 52.1 Å². The summed E-state index contributed by atoms with van der Waals surface area (Å²) < 4.78 is 5.35. The Morgan fingerprint density at radius 3 is 2.62 bits per heavy atom. The summed E-state index contributed by atoms with van der Waals surface area (Å²) in [6, 6.07) is 11.5. The summed E-state index contributed by atoms with van der Waals surface area (Å²) in [5.74, 6) is 1.49. The van der Waals surface area contributed by atoms with Crippen LogP contribution in [0.5, 0.6) is 0 Å². The van der Waals surface area contributed by atoms with Crippen LogP contribution in [0.2, 0.25) is 5.02 Å². The van der Waals surface area contributed by atoms with Crippen molar-refractivity contribution in [3.8, 4) is 0 Å². The summed E-state index contributed by atoms with van der Waals surface area (Å²) in [4.78, 5) is 19.8. The molecule has 1 N–H and O–H groups in total. The van der Waals surface area contributed by atoms with Crippen LogP contribution in [-0.4, -0.2) is 55.9 Å². The second kappa shape index (κ2) is 9.87. The summed E-state index contributed by atoms with van der Waals surface area (Å²) >= 11 is 6.25. The van der Waals surface area contributed by atoms with Crippen LogP contribution >= 0.6 is 11.6 Å². The van der Waals surface area contributed by atoms with Crippen molar-refractivity contribution in [2.75, 3.05) is 34.2 Å². The Hall–Kier alpha value is -2.47. The maximum atomic E-state index is 11.9. The molecule has 0 unspecified atom stereocenters. The van der Waals surface area contributed by atoms with E-state index in [4.69, 9.17) is 16.0 Å². The number of guanidine groups is 1. The summed E-state index contributed by atoms with van der Waals surface area (Å²) in [6.07, 6.45) is 2.39. The number of rotatable bonds is 7. The fourth-order valence-corrected chi connectivity index (χ4v) is 2.50. The van der Waals surface area contributed by atoms with E-state index in [9.17, 15) is 4.79 Å². The summed E-state index contributed by atoms with van der Waals surface area (Å²) in [5, 5.41) is 4.00. The topological polar surface area (TPSA) is 61.1 Å². The number of benzene rings is 1. The minimum absolute atomic E-state index is 0.0542. The van der Waals surface area contributed by atoms with E-state index in [1.54, 1.807) is 20.4 Å². The number of furan rings is 1. The normalized spacial score (nSPS) is 11.3. The molecular formula is C19H25ClN4O2. The molecule has 1 amide bonds. The summed E-state index contributed by atoms with van der Waals surface area (Å²) in [5.41, 5.74) is 0.996. The number of nitrogens with zero attached hydrogens (tertiary/aromatic N) is 3. The van der Waals surface area contributed by atoms with Gasteiger partial charge < -0.3 is 19.5 Å². The number of aliphatic imine (C=N–C) groups is 1. The van der Waals surface area contributed by atoms with E-state index in [-0.39, 0.29) is 12.5 Å². The molecule has 1 aromatic heterocycles. The predicted octanol–water partition coefficient (Wildman–Crippen LogP) is 2.64. The fourth-order valence-electron chi connectivity index (χ4n) is 2.30. The lowest BCUT2D eigenvalue weighted by Gasteiger charge is -2.23. The highest BCUT2D eigenvalue weighted by atomic mass is 35.5. The molecule has 1 aromatic carbocycles. The van der Waals surface area contributed by atoms with E-state index in [0.29, 0.717) is 24.1 Å². The van der Waals surface area contributed by atoms with Gasteiger partial charge in [0, 0.05) is 45.7 Å². The van der Waals surface area contributed by atoms with Gasteiger partial charge in [0.05, 0.1) is 6.26 Å². The van der Waals surface area contributed by atoms with Gasteiger partial charge in [0.15, 0.2) is 5.96 Å². The lowest BCUT2D eigenvalue weighted by atomic mass is 10.2. The predicted molar refractivity (Wildman–Crippen MR) is 104 cm³/mol. The van der Waals surface area contributed by atoms with Crippen molar-refractivity contribution in [3.63, 3.8) is 0 Å². The van der Waals surface area contributed by atoms with E-state index in [2.05, 4.69) is 10.3 Å². The molecule has 0 bridgehead atoms. The summed E-state index contributed by atoms with van der Waals surface area (Å²) in [6.45, 7) is 1.32. The second-order valence-electron chi connectivity index (χ2n) is 6.13. The zero-order valence-corrected chi connectivity index (χ0v) is 16.2. The van der Waals surface area contributed by atoms with Crippen molar-refractivity contribution in [3.05, 3.63) is 59.0 Å². The molecule has 0 saturated carbocycles. The third kappa shape index (κ3) is 6.11. The fraction of sp³-hybridized carbons (Fsp3) is 0.368. The third-order valence-electron chi connectivity index (χ3n) is 3.82. The quantitative estimate of drug-likeness (QED) is 0.596. The Kier molecular flexibility index (Phi) is 7.53. The molecule has 0 atom stereocenters. The van der Waals surface area contributed by atoms with Crippen LogP contribution in [0.4, 0.5) is 0 Å². The molecule has 0 fully saturated rings. The first-order valence-electron chi connectivity index (χ1n) is 8.42. The first-order chi connectivity index (χ1) is 12.5. The second-order valence-corrected chi connectivity index (χ2v) is 6.54. The van der Waals surface area contributed by atoms with Crippen LogP contribution in [0, 0.1) is 0 Å². The zero-order valence-electron chi connectivity index (χ0n) is 15.4. The monoisotopic (exact) mass is 376 g/mol. The van der Waals surface area contributed by atoms with E-state index in [0.717, 1.165) is 17.7 Å². The van der Waals surface area contributed by atoms with Crippen LogP contribution in [-0.2, 0) is 17.8 Å². The molecule has 0 saturated heterocycles. The smallest absolute Gasteiger partial charge is 0.243 e. The van der Waals surface area contributed by atoms with Crippen molar-refractivity contribution >= 4 is 23.5 Å². The van der Waals surface area contributed by atoms with Gasteiger partial charge in [0.1, 0.15) is 12.3 Å². The maximum absolute atomic E-state index is 11.9. The Bertz CT molecular complexity index is 729. The highest BCUT2D eigenvalue weighted by molar-refractivity contribution is 6.31. The molecule has 0 aliphatic rings. The van der Waals surface area contributed by atoms with Crippen molar-refractivity contribution in [2.45, 2.75) is 13.0 Å². The number of carbonyl (C=O) groups is 1. The van der Waals surface area contributed by atoms with Gasteiger partial charge in [0.2, 0.25) is 5.91 Å². The van der Waals surface area contributed by atoms with E-state index >= 15 is 0 Å². The zero-order chi connectivity index (χ0) is 18.9. The number of likely N-dealkylation sites (N-methyl/N-ethyl adjacent to an activating group) is 1. The Labute approximate surface area is 159 Å². The standard InChI is InChI=1S/C19H25ClN4O2/c1-23(2)18(25)13-22-19(21-11-10-16-8-6-12-26-16)24(3)14-15-7-4-5-9-17(15)20/h4-9,12H,10-11,13-14H2,1-3H3,(H,21,22). The van der Waals surface area contributed by atoms with Crippen molar-refractivity contribution < 1.29 is 9.21 Å². The summed E-state index contributed by atoms with van der Waals surface area (Å²) in [7, 11) is 5.35. The van der Waals surface area contributed by atoms with E-state index in [1.807, 2.05) is 48.3 Å². The van der Waals surface area contributed by atoms with E-state index in [1.165, 1.54) is 4.90 Å². The molecule has 7 heteroatoms. The maximum Gasteiger partial charge on any atom is 0.243 e. The van der Waals surface area contributed by atoms with Crippen LogP contribution in [0.3, 0.4) is 0 Å². The van der Waals surface area contributed by atoms with Gasteiger partial charge in [-0.2, -0.15) is 0 Å². The molecule has 2 rings (SSSR count). The van der Waals surface area contributed by atoms with Crippen molar-refractivity contribution in [2.24, 2.45) is 4.99 Å². The number of hydrogen-bond acceptors (Lipinski definition) is 3. The van der Waals surface area contributed by atoms with Crippen molar-refractivity contribution in [1.29, 1.82) is 0 Å². The Balaban J connectivity index is 2.03. The van der Waals surface area contributed by atoms with Crippen LogP contribution < -0.4 is 5.32 Å². The van der Waals surface area contributed by atoms with Gasteiger partial charge in [-0.05, 0) is 23.8 Å². The lowest BCUT2D eigenvalue weighted by Crippen LogP contribution is -2.40. The first kappa shape index (κ1) is 19.8. The molecule has 0 aliphatic carbocycles. The van der Waals surface area contributed by atoms with Crippen LogP contribution in [0.25, 0.3) is 0 Å². The van der Waals surface area contributed by atoms with Gasteiger partial charge in [-0.15, -0.1) is 0 Å². The van der Waals surface area contributed by atoms with E-state index < -0.39 is 0 Å². The molecule has 26 heavy (non-hydrogen) atoms. The molecule has 0 radical (unpaired) electrons. The average Bonchev–Trinajstić information content (AvgIpc) is 3.12. The van der Waals surface area contributed by atoms with Gasteiger partial charge in [-0.1, -0.05) is 29.8 Å². The van der Waals surface area contributed by atoms with Gasteiger partial charge in [-0.25, -0.2) is 4.99 Å². The largest absolute Gasteiger partial charge is 0.469 e. The van der Waals surface area contributed by atoms with Gasteiger partial charge in [-0.3, -0.25) is 4.79 Å². The minimum atomic E-state index is -0.0542. The highest BCUT2D eigenvalue weighted by Crippen LogP contribution is 2.16. The molecule has 2 aromatic rings. The molecular weight excluding hydrogens is 352 g/mol. The van der Waals surface area contributed by atoms with Gasteiger partial charge >= 0.3 is 0 Å². The third-order valence-corrected chi connectivity index (χ3v) is 4.19.